The Balaban J connectivity index is 2.05. The van der Waals surface area contributed by atoms with E-state index in [2.05, 4.69) is 5.32 Å². The van der Waals surface area contributed by atoms with Gasteiger partial charge in [-0.05, 0) is 86.5 Å². The summed E-state index contributed by atoms with van der Waals surface area (Å²) >= 11 is 0. The Morgan fingerprint density at radius 3 is 1.98 bits per heavy atom. The van der Waals surface area contributed by atoms with Crippen molar-refractivity contribution in [3.8, 4) is 5.75 Å². The third kappa shape index (κ3) is 7.56. The molecule has 3 aromatic rings. The van der Waals surface area contributed by atoms with Gasteiger partial charge in [-0.2, -0.15) is 0 Å². The van der Waals surface area contributed by atoms with Crippen molar-refractivity contribution in [3.63, 3.8) is 0 Å². The van der Waals surface area contributed by atoms with Crippen molar-refractivity contribution in [2.75, 3.05) is 24.0 Å². The molecule has 3 rings (SSSR count). The zero-order chi connectivity index (χ0) is 29.3. The van der Waals surface area contributed by atoms with Crippen LogP contribution < -0.4 is 14.4 Å². The van der Waals surface area contributed by atoms with Crippen molar-refractivity contribution in [2.45, 2.75) is 44.7 Å². The molecule has 0 aliphatic heterocycles. The minimum absolute atomic E-state index is 0.0531. The van der Waals surface area contributed by atoms with Crippen LogP contribution in [0, 0.1) is 11.6 Å². The number of rotatable bonds is 13. The van der Waals surface area contributed by atoms with Crippen LogP contribution in [0.1, 0.15) is 32.8 Å². The Morgan fingerprint density at radius 1 is 0.875 bits per heavy atom. The highest BCUT2D eigenvalue weighted by Gasteiger charge is 2.33. The molecule has 0 aliphatic rings. The topological polar surface area (TPSA) is 96.0 Å². The minimum atomic E-state index is -4.34. The molecule has 0 heterocycles. The second kappa shape index (κ2) is 13.9. The van der Waals surface area contributed by atoms with Gasteiger partial charge in [0.25, 0.3) is 10.0 Å². The SMILES string of the molecule is CCNC(=O)[C@@H](CC)N(Cc1ccc(F)cc1)C(=O)CN(c1ccc(OCC)cc1)S(=O)(=O)c1ccc(F)cc1. The van der Waals surface area contributed by atoms with Gasteiger partial charge < -0.3 is 15.0 Å². The van der Waals surface area contributed by atoms with E-state index >= 15 is 0 Å². The molecule has 0 saturated carbocycles. The van der Waals surface area contributed by atoms with Gasteiger partial charge in [-0.1, -0.05) is 19.1 Å². The molecule has 0 aliphatic carbocycles. The summed E-state index contributed by atoms with van der Waals surface area (Å²) in [5.41, 5.74) is 0.737. The fraction of sp³-hybridized carbons (Fsp3) is 0.310. The van der Waals surface area contributed by atoms with E-state index in [9.17, 15) is 26.8 Å². The first-order valence-electron chi connectivity index (χ1n) is 12.9. The molecule has 214 valence electrons. The van der Waals surface area contributed by atoms with Crippen LogP contribution in [0.25, 0.3) is 0 Å². The van der Waals surface area contributed by atoms with E-state index in [0.29, 0.717) is 24.5 Å². The molecular formula is C29H33F2N3O5S. The molecule has 0 saturated heterocycles. The molecule has 0 fully saturated rings. The molecular weight excluding hydrogens is 540 g/mol. The first-order chi connectivity index (χ1) is 19.1. The van der Waals surface area contributed by atoms with Gasteiger partial charge in [-0.25, -0.2) is 17.2 Å². The maximum atomic E-state index is 13.9. The first-order valence-corrected chi connectivity index (χ1v) is 14.4. The van der Waals surface area contributed by atoms with Crippen molar-refractivity contribution in [1.29, 1.82) is 0 Å². The normalized spacial score (nSPS) is 11.9. The summed E-state index contributed by atoms with van der Waals surface area (Å²) in [5.74, 6) is -1.60. The van der Waals surface area contributed by atoms with Crippen molar-refractivity contribution < 1.29 is 31.5 Å². The lowest BCUT2D eigenvalue weighted by Crippen LogP contribution is -2.52. The highest BCUT2D eigenvalue weighted by atomic mass is 32.2. The lowest BCUT2D eigenvalue weighted by atomic mass is 10.1. The lowest BCUT2D eigenvalue weighted by molar-refractivity contribution is -0.140. The second-order valence-electron chi connectivity index (χ2n) is 8.86. The van der Waals surface area contributed by atoms with Gasteiger partial charge in [0.15, 0.2) is 0 Å². The smallest absolute Gasteiger partial charge is 0.264 e. The fourth-order valence-electron chi connectivity index (χ4n) is 4.14. The number of benzene rings is 3. The van der Waals surface area contributed by atoms with E-state index < -0.39 is 46.1 Å². The summed E-state index contributed by atoms with van der Waals surface area (Å²) in [6.45, 7) is 5.35. The Hall–Kier alpha value is -3.99. The molecule has 0 bridgehead atoms. The molecule has 11 heteroatoms. The highest BCUT2D eigenvalue weighted by Crippen LogP contribution is 2.27. The van der Waals surface area contributed by atoms with Gasteiger partial charge in [0.1, 0.15) is 30.0 Å². The number of carbonyl (C=O) groups is 2. The number of nitrogens with zero attached hydrogens (tertiary/aromatic N) is 2. The molecule has 0 spiro atoms. The van der Waals surface area contributed by atoms with Crippen molar-refractivity contribution in [3.05, 3.63) is 90.0 Å². The predicted molar refractivity (Wildman–Crippen MR) is 148 cm³/mol. The van der Waals surface area contributed by atoms with Crippen LogP contribution in [0.3, 0.4) is 0 Å². The molecule has 0 radical (unpaired) electrons. The summed E-state index contributed by atoms with van der Waals surface area (Å²) in [7, 11) is -4.34. The van der Waals surface area contributed by atoms with E-state index in [4.69, 9.17) is 4.74 Å². The van der Waals surface area contributed by atoms with Gasteiger partial charge >= 0.3 is 0 Å². The van der Waals surface area contributed by atoms with E-state index in [1.165, 1.54) is 41.3 Å². The van der Waals surface area contributed by atoms with E-state index in [1.54, 1.807) is 26.0 Å². The maximum Gasteiger partial charge on any atom is 0.264 e. The van der Waals surface area contributed by atoms with Crippen LogP contribution in [0.5, 0.6) is 5.75 Å². The monoisotopic (exact) mass is 573 g/mol. The summed E-state index contributed by atoms with van der Waals surface area (Å²) in [5, 5.41) is 2.72. The number of likely N-dealkylation sites (N-methyl/N-ethyl adjacent to an activating group) is 1. The third-order valence-corrected chi connectivity index (χ3v) is 7.91. The van der Waals surface area contributed by atoms with Gasteiger partial charge in [-0.3, -0.25) is 13.9 Å². The van der Waals surface area contributed by atoms with E-state index in [1.807, 2.05) is 6.92 Å². The summed E-state index contributed by atoms with van der Waals surface area (Å²) in [6, 6.07) is 15.0. The average Bonchev–Trinajstić information content (AvgIpc) is 2.93. The molecule has 3 aromatic carbocycles. The molecule has 1 atom stereocenters. The Kier molecular flexibility index (Phi) is 10.6. The number of hydrogen-bond acceptors (Lipinski definition) is 5. The van der Waals surface area contributed by atoms with Crippen LogP contribution in [0.2, 0.25) is 0 Å². The summed E-state index contributed by atoms with van der Waals surface area (Å²) in [6.07, 6.45) is 0.256. The number of hydrogen-bond donors (Lipinski definition) is 1. The van der Waals surface area contributed by atoms with E-state index in [0.717, 1.165) is 28.6 Å². The van der Waals surface area contributed by atoms with Crippen molar-refractivity contribution >= 4 is 27.5 Å². The standard InChI is InChI=1S/C29H33F2N3O5S/c1-4-27(29(36)32-5-2)33(19-21-7-9-22(30)10-8-21)28(35)20-34(24-13-15-25(16-14-24)39-6-3)40(37,38)26-17-11-23(31)12-18-26/h7-18,27H,4-6,19-20H2,1-3H3,(H,32,36)/t27-/m1/s1. The largest absolute Gasteiger partial charge is 0.494 e. The number of anilines is 1. The second-order valence-corrected chi connectivity index (χ2v) is 10.7. The van der Waals surface area contributed by atoms with Crippen LogP contribution in [0.4, 0.5) is 14.5 Å². The van der Waals surface area contributed by atoms with Crippen LogP contribution >= 0.6 is 0 Å². The van der Waals surface area contributed by atoms with Crippen molar-refractivity contribution in [2.24, 2.45) is 0 Å². The van der Waals surface area contributed by atoms with Gasteiger partial charge in [0, 0.05) is 13.1 Å². The zero-order valence-electron chi connectivity index (χ0n) is 22.6. The number of carbonyl (C=O) groups excluding carboxylic acids is 2. The van der Waals surface area contributed by atoms with Gasteiger partial charge in [0.05, 0.1) is 17.2 Å². The maximum absolute atomic E-state index is 13.9. The van der Waals surface area contributed by atoms with Crippen LogP contribution in [-0.2, 0) is 26.2 Å². The highest BCUT2D eigenvalue weighted by molar-refractivity contribution is 7.92. The average molecular weight is 574 g/mol. The number of amides is 2. The Labute approximate surface area is 233 Å². The first kappa shape index (κ1) is 30.6. The minimum Gasteiger partial charge on any atom is -0.494 e. The lowest BCUT2D eigenvalue weighted by Gasteiger charge is -2.33. The molecule has 8 nitrogen and oxygen atoms in total. The number of nitrogens with one attached hydrogen (secondary N) is 1. The molecule has 40 heavy (non-hydrogen) atoms. The summed E-state index contributed by atoms with van der Waals surface area (Å²) < 4.78 is 61.0. The van der Waals surface area contributed by atoms with Gasteiger partial charge in [0.2, 0.25) is 11.8 Å². The predicted octanol–water partition coefficient (Wildman–Crippen LogP) is 4.50. The van der Waals surface area contributed by atoms with Gasteiger partial charge in [-0.15, -0.1) is 0 Å². The molecule has 0 unspecified atom stereocenters. The third-order valence-electron chi connectivity index (χ3n) is 6.12. The quantitative estimate of drug-likeness (QED) is 0.325. The Morgan fingerprint density at radius 2 is 1.45 bits per heavy atom. The van der Waals surface area contributed by atoms with Crippen LogP contribution in [-0.4, -0.2) is 50.9 Å². The zero-order valence-corrected chi connectivity index (χ0v) is 23.5. The number of sulfonamides is 1. The number of ether oxygens (including phenoxy) is 1. The van der Waals surface area contributed by atoms with Crippen molar-refractivity contribution in [1.82, 2.24) is 10.2 Å². The molecule has 0 aromatic heterocycles. The number of halogens is 2. The fourth-order valence-corrected chi connectivity index (χ4v) is 5.55. The Bertz CT molecular complexity index is 1380. The van der Waals surface area contributed by atoms with Crippen LogP contribution in [0.15, 0.2) is 77.7 Å². The summed E-state index contributed by atoms with van der Waals surface area (Å²) in [4.78, 5) is 27.9. The molecule has 2 amide bonds. The van der Waals surface area contributed by atoms with E-state index in [-0.39, 0.29) is 23.5 Å². The molecule has 1 N–H and O–H groups in total.